The summed E-state index contributed by atoms with van der Waals surface area (Å²) in [5, 5.41) is 4.56. The Labute approximate surface area is 170 Å². The average molecular weight is 393 g/mol. The number of amides is 1. The smallest absolute Gasteiger partial charge is 0.264 e. The molecule has 0 radical (unpaired) electrons. The van der Waals surface area contributed by atoms with Gasteiger partial charge in [-0.2, -0.15) is 5.10 Å². The Morgan fingerprint density at radius 1 is 1.24 bits per heavy atom. The highest BCUT2D eigenvalue weighted by atomic mass is 16.2. The second-order valence-electron chi connectivity index (χ2n) is 8.15. The van der Waals surface area contributed by atoms with E-state index >= 15 is 0 Å². The minimum atomic E-state index is -0.154. The molecule has 2 heterocycles. The Bertz CT molecular complexity index is 1080. The standard InChI is InChI=1S/C22H27N5O2/c1-15(2)17-6-4-16(5-7-17)13-27(18-8-9-18)20(28)10-11-26-14-23-21-19(22(26)29)12-24-25(21)3/h4-7,12,14-15,18H,8-11,13H2,1-3H3. The Balaban J connectivity index is 1.44. The monoisotopic (exact) mass is 393 g/mol. The van der Waals surface area contributed by atoms with Crippen LogP contribution in [0.25, 0.3) is 11.0 Å². The highest BCUT2D eigenvalue weighted by Gasteiger charge is 2.32. The number of fused-ring (bicyclic) bond motifs is 1. The average Bonchev–Trinajstić information content (AvgIpc) is 3.48. The number of aromatic nitrogens is 4. The first-order chi connectivity index (χ1) is 13.9. The van der Waals surface area contributed by atoms with Crippen LogP contribution in [0.3, 0.4) is 0 Å². The number of nitrogens with zero attached hydrogens (tertiary/aromatic N) is 5. The Morgan fingerprint density at radius 2 is 1.97 bits per heavy atom. The van der Waals surface area contributed by atoms with Crippen molar-refractivity contribution >= 4 is 16.9 Å². The van der Waals surface area contributed by atoms with Gasteiger partial charge in [0.2, 0.25) is 5.91 Å². The summed E-state index contributed by atoms with van der Waals surface area (Å²) < 4.78 is 3.08. The van der Waals surface area contributed by atoms with Crippen molar-refractivity contribution < 1.29 is 4.79 Å². The summed E-state index contributed by atoms with van der Waals surface area (Å²) in [5.74, 6) is 0.577. The van der Waals surface area contributed by atoms with Crippen molar-refractivity contribution in [2.24, 2.45) is 7.05 Å². The number of carbonyl (C=O) groups is 1. The molecule has 1 amide bonds. The lowest BCUT2D eigenvalue weighted by Gasteiger charge is -2.23. The van der Waals surface area contributed by atoms with E-state index in [9.17, 15) is 9.59 Å². The molecule has 4 rings (SSSR count). The van der Waals surface area contributed by atoms with Crippen molar-refractivity contribution in [1.82, 2.24) is 24.2 Å². The molecule has 0 unspecified atom stereocenters. The number of rotatable bonds is 7. The summed E-state index contributed by atoms with van der Waals surface area (Å²) in [7, 11) is 1.75. The van der Waals surface area contributed by atoms with E-state index in [1.165, 1.54) is 22.7 Å². The molecule has 1 fully saturated rings. The van der Waals surface area contributed by atoms with Crippen molar-refractivity contribution in [3.05, 3.63) is 58.3 Å². The van der Waals surface area contributed by atoms with Crippen molar-refractivity contribution in [3.8, 4) is 0 Å². The Morgan fingerprint density at radius 3 is 2.62 bits per heavy atom. The molecule has 0 atom stereocenters. The molecule has 0 spiro atoms. The largest absolute Gasteiger partial charge is 0.335 e. The summed E-state index contributed by atoms with van der Waals surface area (Å²) >= 11 is 0. The van der Waals surface area contributed by atoms with Crippen LogP contribution in [0.4, 0.5) is 0 Å². The van der Waals surface area contributed by atoms with E-state index in [1.54, 1.807) is 11.7 Å². The van der Waals surface area contributed by atoms with Crippen molar-refractivity contribution in [2.75, 3.05) is 0 Å². The van der Waals surface area contributed by atoms with E-state index in [0.29, 0.717) is 36.1 Å². The number of carbonyl (C=O) groups excluding carboxylic acids is 1. The number of aryl methyl sites for hydroxylation is 2. The van der Waals surface area contributed by atoms with E-state index < -0.39 is 0 Å². The van der Waals surface area contributed by atoms with Crippen LogP contribution < -0.4 is 5.56 Å². The predicted molar refractivity (Wildman–Crippen MR) is 111 cm³/mol. The zero-order valence-corrected chi connectivity index (χ0v) is 17.2. The molecule has 0 N–H and O–H groups in total. The first-order valence-corrected chi connectivity index (χ1v) is 10.2. The van der Waals surface area contributed by atoms with E-state index in [-0.39, 0.29) is 17.9 Å². The third-order valence-corrected chi connectivity index (χ3v) is 5.59. The number of hydrogen-bond acceptors (Lipinski definition) is 4. The molecular formula is C22H27N5O2. The summed E-state index contributed by atoms with van der Waals surface area (Å²) in [5.41, 5.74) is 2.85. The zero-order valence-electron chi connectivity index (χ0n) is 17.2. The molecule has 0 saturated heterocycles. The van der Waals surface area contributed by atoms with Crippen LogP contribution in [0.2, 0.25) is 0 Å². The maximum Gasteiger partial charge on any atom is 0.264 e. The fourth-order valence-electron chi connectivity index (χ4n) is 3.60. The van der Waals surface area contributed by atoms with E-state index in [1.807, 2.05) is 4.90 Å². The Hall–Kier alpha value is -2.96. The summed E-state index contributed by atoms with van der Waals surface area (Å²) in [4.78, 5) is 31.8. The third-order valence-electron chi connectivity index (χ3n) is 5.59. The predicted octanol–water partition coefficient (Wildman–Crippen LogP) is 2.83. The zero-order chi connectivity index (χ0) is 20.5. The molecule has 7 heteroatoms. The van der Waals surface area contributed by atoms with Gasteiger partial charge in [-0.25, -0.2) is 4.98 Å². The molecule has 3 aromatic rings. The van der Waals surface area contributed by atoms with Gasteiger partial charge >= 0.3 is 0 Å². The highest BCUT2D eigenvalue weighted by Crippen LogP contribution is 2.29. The molecular weight excluding hydrogens is 366 g/mol. The quantitative estimate of drug-likeness (QED) is 0.619. The molecule has 1 saturated carbocycles. The summed E-state index contributed by atoms with van der Waals surface area (Å²) in [6.07, 6.45) is 5.43. The van der Waals surface area contributed by atoms with Gasteiger partial charge in [-0.15, -0.1) is 0 Å². The van der Waals surface area contributed by atoms with Gasteiger partial charge in [0.05, 0.1) is 12.5 Å². The van der Waals surface area contributed by atoms with Gasteiger partial charge in [0.25, 0.3) is 5.56 Å². The van der Waals surface area contributed by atoms with Crippen LogP contribution >= 0.6 is 0 Å². The van der Waals surface area contributed by atoms with Crippen LogP contribution in [0.1, 0.15) is 50.2 Å². The summed E-state index contributed by atoms with van der Waals surface area (Å²) in [6.45, 7) is 5.30. The van der Waals surface area contributed by atoms with Crippen molar-refractivity contribution in [3.63, 3.8) is 0 Å². The maximum absolute atomic E-state index is 12.9. The lowest BCUT2D eigenvalue weighted by molar-refractivity contribution is -0.132. The topological polar surface area (TPSA) is 73.0 Å². The summed E-state index contributed by atoms with van der Waals surface area (Å²) in [6, 6.07) is 8.84. The maximum atomic E-state index is 12.9. The minimum absolute atomic E-state index is 0.0821. The van der Waals surface area contributed by atoms with Gasteiger partial charge in [-0.3, -0.25) is 18.8 Å². The molecule has 1 aliphatic carbocycles. The first kappa shape index (κ1) is 19.4. The van der Waals surface area contributed by atoms with Crippen LogP contribution in [-0.4, -0.2) is 36.2 Å². The van der Waals surface area contributed by atoms with Gasteiger partial charge in [0.15, 0.2) is 5.65 Å². The second-order valence-corrected chi connectivity index (χ2v) is 8.15. The highest BCUT2D eigenvalue weighted by molar-refractivity contribution is 5.77. The van der Waals surface area contributed by atoms with Crippen molar-refractivity contribution in [1.29, 1.82) is 0 Å². The normalized spacial score (nSPS) is 13.9. The fourth-order valence-corrected chi connectivity index (χ4v) is 3.60. The number of benzene rings is 1. The van der Waals surface area contributed by atoms with Gasteiger partial charge in [0.1, 0.15) is 5.39 Å². The molecule has 0 aliphatic heterocycles. The second kappa shape index (κ2) is 7.81. The molecule has 1 aliphatic rings. The lowest BCUT2D eigenvalue weighted by Crippen LogP contribution is -2.34. The fraction of sp³-hybridized carbons (Fsp3) is 0.455. The SMILES string of the molecule is CC(C)c1ccc(CN(C(=O)CCn2cnc3c(cnn3C)c2=O)C2CC2)cc1. The van der Waals surface area contributed by atoms with Crippen LogP contribution in [0, 0.1) is 0 Å². The van der Waals surface area contributed by atoms with Gasteiger partial charge < -0.3 is 4.90 Å². The van der Waals surface area contributed by atoms with E-state index in [4.69, 9.17) is 0 Å². The van der Waals surface area contributed by atoms with Crippen molar-refractivity contribution in [2.45, 2.75) is 58.2 Å². The molecule has 2 aromatic heterocycles. The minimum Gasteiger partial charge on any atom is -0.335 e. The van der Waals surface area contributed by atoms with Gasteiger partial charge in [-0.05, 0) is 29.9 Å². The van der Waals surface area contributed by atoms with Crippen LogP contribution in [0.5, 0.6) is 0 Å². The molecule has 7 nitrogen and oxygen atoms in total. The van der Waals surface area contributed by atoms with Crippen LogP contribution in [-0.2, 0) is 24.9 Å². The van der Waals surface area contributed by atoms with Gasteiger partial charge in [0, 0.05) is 32.6 Å². The molecule has 29 heavy (non-hydrogen) atoms. The molecule has 152 valence electrons. The third kappa shape index (κ3) is 4.09. The molecule has 0 bridgehead atoms. The number of hydrogen-bond donors (Lipinski definition) is 0. The molecule has 1 aromatic carbocycles. The Kier molecular flexibility index (Phi) is 5.22. The van der Waals surface area contributed by atoms with Crippen LogP contribution in [0.15, 0.2) is 41.6 Å². The lowest BCUT2D eigenvalue weighted by atomic mass is 10.0. The van der Waals surface area contributed by atoms with Gasteiger partial charge in [-0.1, -0.05) is 38.1 Å². The van der Waals surface area contributed by atoms with E-state index in [2.05, 4.69) is 48.2 Å². The van der Waals surface area contributed by atoms with E-state index in [0.717, 1.165) is 18.4 Å². The first-order valence-electron chi connectivity index (χ1n) is 10.2.